The Morgan fingerprint density at radius 2 is 2.26 bits per heavy atom. The average Bonchev–Trinajstić information content (AvgIpc) is 2.31. The van der Waals surface area contributed by atoms with E-state index in [1.807, 2.05) is 0 Å². The van der Waals surface area contributed by atoms with E-state index in [4.69, 9.17) is 16.3 Å². The minimum atomic E-state index is -0.458. The van der Waals surface area contributed by atoms with Crippen LogP contribution in [0.2, 0.25) is 5.02 Å². The molecule has 0 amide bonds. The SMILES string of the molecule is Cc1cc(NCC2(CO)COC2)c(Cl)cc1[N+](=O)[O-]. The maximum atomic E-state index is 10.8. The molecule has 1 saturated heterocycles. The maximum Gasteiger partial charge on any atom is 0.273 e. The van der Waals surface area contributed by atoms with Gasteiger partial charge < -0.3 is 15.2 Å². The molecule has 7 heteroatoms. The lowest BCUT2D eigenvalue weighted by Gasteiger charge is -2.40. The van der Waals surface area contributed by atoms with Gasteiger partial charge in [0.05, 0.1) is 40.9 Å². The molecule has 0 saturated carbocycles. The molecule has 2 rings (SSSR count). The Labute approximate surface area is 115 Å². The lowest BCUT2D eigenvalue weighted by molar-refractivity contribution is -0.385. The summed E-state index contributed by atoms with van der Waals surface area (Å²) in [6.45, 7) is 3.21. The van der Waals surface area contributed by atoms with Gasteiger partial charge in [-0.3, -0.25) is 10.1 Å². The van der Waals surface area contributed by atoms with Gasteiger partial charge in [-0.15, -0.1) is 0 Å². The zero-order chi connectivity index (χ0) is 14.0. The summed E-state index contributed by atoms with van der Waals surface area (Å²) in [5.74, 6) is 0. The second-order valence-electron chi connectivity index (χ2n) is 4.88. The topological polar surface area (TPSA) is 84.6 Å². The molecule has 0 atom stereocenters. The molecule has 1 aliphatic heterocycles. The molecule has 19 heavy (non-hydrogen) atoms. The predicted octanol–water partition coefficient (Wildman–Crippen LogP) is 1.98. The van der Waals surface area contributed by atoms with Crippen molar-refractivity contribution in [2.75, 3.05) is 31.7 Å². The van der Waals surface area contributed by atoms with Gasteiger partial charge in [-0.25, -0.2) is 0 Å². The molecule has 0 aliphatic carbocycles. The zero-order valence-electron chi connectivity index (χ0n) is 10.5. The summed E-state index contributed by atoms with van der Waals surface area (Å²) in [5.41, 5.74) is 0.891. The Balaban J connectivity index is 2.13. The number of anilines is 1. The van der Waals surface area contributed by atoms with Crippen LogP contribution >= 0.6 is 11.6 Å². The van der Waals surface area contributed by atoms with Crippen LogP contribution in [0, 0.1) is 22.5 Å². The van der Waals surface area contributed by atoms with Gasteiger partial charge in [0.2, 0.25) is 0 Å². The number of hydrogen-bond acceptors (Lipinski definition) is 5. The Morgan fingerprint density at radius 1 is 1.58 bits per heavy atom. The summed E-state index contributed by atoms with van der Waals surface area (Å²) >= 11 is 6.02. The normalized spacial score (nSPS) is 16.8. The number of nitrogens with zero attached hydrogens (tertiary/aromatic N) is 1. The highest BCUT2D eigenvalue weighted by atomic mass is 35.5. The van der Waals surface area contributed by atoms with E-state index in [0.29, 0.717) is 36.0 Å². The highest BCUT2D eigenvalue weighted by Gasteiger charge is 2.38. The van der Waals surface area contributed by atoms with Gasteiger partial charge in [0.15, 0.2) is 0 Å². The molecule has 1 aromatic rings. The van der Waals surface area contributed by atoms with Gasteiger partial charge in [0.25, 0.3) is 5.69 Å². The first-order valence-electron chi connectivity index (χ1n) is 5.84. The van der Waals surface area contributed by atoms with Crippen molar-refractivity contribution in [3.05, 3.63) is 32.8 Å². The molecule has 0 aromatic heterocycles. The first-order chi connectivity index (χ1) is 8.97. The van der Waals surface area contributed by atoms with Crippen molar-refractivity contribution in [2.24, 2.45) is 5.41 Å². The smallest absolute Gasteiger partial charge is 0.273 e. The standard InChI is InChI=1S/C12H15ClN2O4/c1-8-2-10(9(13)3-11(8)15(17)18)14-4-12(5-16)6-19-7-12/h2-3,14,16H,4-7H2,1H3. The van der Waals surface area contributed by atoms with Gasteiger partial charge in [-0.2, -0.15) is 0 Å². The first-order valence-corrected chi connectivity index (χ1v) is 6.22. The van der Waals surface area contributed by atoms with E-state index in [0.717, 1.165) is 0 Å². The van der Waals surface area contributed by atoms with Crippen LogP contribution in [0.15, 0.2) is 12.1 Å². The van der Waals surface area contributed by atoms with E-state index in [1.165, 1.54) is 6.07 Å². The number of aliphatic hydroxyl groups is 1. The number of nitrogens with one attached hydrogen (secondary N) is 1. The van der Waals surface area contributed by atoms with Crippen molar-refractivity contribution in [1.82, 2.24) is 0 Å². The van der Waals surface area contributed by atoms with Gasteiger partial charge in [-0.1, -0.05) is 11.6 Å². The van der Waals surface area contributed by atoms with Crippen molar-refractivity contribution in [2.45, 2.75) is 6.92 Å². The van der Waals surface area contributed by atoms with E-state index in [1.54, 1.807) is 13.0 Å². The summed E-state index contributed by atoms with van der Waals surface area (Å²) in [7, 11) is 0. The molecule has 1 heterocycles. The van der Waals surface area contributed by atoms with Crippen molar-refractivity contribution < 1.29 is 14.8 Å². The fourth-order valence-electron chi connectivity index (χ4n) is 1.93. The maximum absolute atomic E-state index is 10.8. The monoisotopic (exact) mass is 286 g/mol. The number of halogens is 1. The largest absolute Gasteiger partial charge is 0.396 e. The molecule has 1 aliphatic rings. The first kappa shape index (κ1) is 14.0. The number of ether oxygens (including phenoxy) is 1. The molecule has 1 aromatic carbocycles. The van der Waals surface area contributed by atoms with E-state index < -0.39 is 4.92 Å². The minimum absolute atomic E-state index is 0.000557. The number of aliphatic hydroxyl groups excluding tert-OH is 1. The number of nitro benzene ring substituents is 1. The van der Waals surface area contributed by atoms with Crippen molar-refractivity contribution >= 4 is 23.0 Å². The van der Waals surface area contributed by atoms with Crippen LogP contribution in [0.25, 0.3) is 0 Å². The van der Waals surface area contributed by atoms with Crippen LogP contribution in [0.4, 0.5) is 11.4 Å². The summed E-state index contributed by atoms with van der Waals surface area (Å²) in [6.07, 6.45) is 0. The van der Waals surface area contributed by atoms with Crippen molar-refractivity contribution in [1.29, 1.82) is 0 Å². The Morgan fingerprint density at radius 3 is 2.74 bits per heavy atom. The Kier molecular flexibility index (Phi) is 3.93. The summed E-state index contributed by atoms with van der Waals surface area (Å²) in [6, 6.07) is 2.98. The summed E-state index contributed by atoms with van der Waals surface area (Å²) < 4.78 is 5.10. The number of aryl methyl sites for hydroxylation is 1. The fourth-order valence-corrected chi connectivity index (χ4v) is 2.15. The summed E-state index contributed by atoms with van der Waals surface area (Å²) in [5, 5.41) is 23.5. The van der Waals surface area contributed by atoms with E-state index in [2.05, 4.69) is 5.32 Å². The molecule has 0 unspecified atom stereocenters. The molecular formula is C12H15ClN2O4. The van der Waals surface area contributed by atoms with Crippen molar-refractivity contribution in [3.8, 4) is 0 Å². The van der Waals surface area contributed by atoms with Crippen LogP contribution in [0.3, 0.4) is 0 Å². The van der Waals surface area contributed by atoms with Crippen molar-refractivity contribution in [3.63, 3.8) is 0 Å². The molecule has 104 valence electrons. The zero-order valence-corrected chi connectivity index (χ0v) is 11.2. The second-order valence-corrected chi connectivity index (χ2v) is 5.29. The molecule has 1 fully saturated rings. The molecule has 0 radical (unpaired) electrons. The fraction of sp³-hybridized carbons (Fsp3) is 0.500. The third kappa shape index (κ3) is 2.80. The van der Waals surface area contributed by atoms with E-state index in [-0.39, 0.29) is 17.7 Å². The Bertz CT molecular complexity index is 497. The van der Waals surface area contributed by atoms with Gasteiger partial charge in [-0.05, 0) is 13.0 Å². The van der Waals surface area contributed by atoms with Crippen LogP contribution < -0.4 is 5.32 Å². The minimum Gasteiger partial charge on any atom is -0.396 e. The lowest BCUT2D eigenvalue weighted by Crippen LogP contribution is -2.50. The highest BCUT2D eigenvalue weighted by molar-refractivity contribution is 6.33. The molecule has 0 bridgehead atoms. The van der Waals surface area contributed by atoms with E-state index in [9.17, 15) is 15.2 Å². The number of hydrogen-bond donors (Lipinski definition) is 2. The number of rotatable bonds is 5. The van der Waals surface area contributed by atoms with Crippen LogP contribution in [0.1, 0.15) is 5.56 Å². The molecule has 0 spiro atoms. The number of benzene rings is 1. The average molecular weight is 287 g/mol. The lowest BCUT2D eigenvalue weighted by atomic mass is 9.87. The predicted molar refractivity (Wildman–Crippen MR) is 71.7 cm³/mol. The Hall–Kier alpha value is -1.37. The quantitative estimate of drug-likeness (QED) is 0.638. The third-order valence-corrected chi connectivity index (χ3v) is 3.60. The summed E-state index contributed by atoms with van der Waals surface area (Å²) in [4.78, 5) is 10.3. The van der Waals surface area contributed by atoms with Crippen LogP contribution in [-0.4, -0.2) is 36.4 Å². The number of nitro groups is 1. The third-order valence-electron chi connectivity index (χ3n) is 3.29. The second kappa shape index (κ2) is 5.32. The van der Waals surface area contributed by atoms with Gasteiger partial charge in [0.1, 0.15) is 0 Å². The molecule has 2 N–H and O–H groups in total. The van der Waals surface area contributed by atoms with Crippen LogP contribution in [0.5, 0.6) is 0 Å². The van der Waals surface area contributed by atoms with Crippen LogP contribution in [-0.2, 0) is 4.74 Å². The van der Waals surface area contributed by atoms with Gasteiger partial charge in [0, 0.05) is 18.2 Å². The molecular weight excluding hydrogens is 272 g/mol. The highest BCUT2D eigenvalue weighted by Crippen LogP contribution is 2.32. The van der Waals surface area contributed by atoms with E-state index >= 15 is 0 Å². The van der Waals surface area contributed by atoms with Gasteiger partial charge >= 0.3 is 0 Å². The molecule has 6 nitrogen and oxygen atoms in total.